The molecule has 5 heteroatoms. The van der Waals surface area contributed by atoms with Crippen molar-refractivity contribution in [1.82, 2.24) is 0 Å². The molecular weight excluding hydrogens is 169 g/mol. The van der Waals surface area contributed by atoms with E-state index < -0.39 is 23.0 Å². The van der Waals surface area contributed by atoms with Crippen molar-refractivity contribution in [2.45, 2.75) is 0 Å². The van der Waals surface area contributed by atoms with Gasteiger partial charge in [0.05, 0.1) is 0 Å². The van der Waals surface area contributed by atoms with Crippen molar-refractivity contribution in [2.75, 3.05) is 0 Å². The third-order valence-corrected chi connectivity index (χ3v) is 0.882. The number of hydrogen-bond acceptors (Lipinski definition) is 4. The van der Waals surface area contributed by atoms with E-state index in [1.165, 1.54) is 0 Å². The Hall–Kier alpha value is -0.0297. The zero-order valence-corrected chi connectivity index (χ0v) is 4.78. The third-order valence-electron chi connectivity index (χ3n) is 0.149. The fraction of sp³-hybridized carbons (Fsp3) is 0. The Morgan fingerprint density at radius 3 is 1.83 bits per heavy atom. The fourth-order valence-corrected chi connectivity index (χ4v) is 0. The zero-order chi connectivity index (χ0) is 5.15. The van der Waals surface area contributed by atoms with Crippen LogP contribution in [-0.2, 0) is 22.1 Å². The van der Waals surface area contributed by atoms with Crippen molar-refractivity contribution in [2.24, 2.45) is 0 Å². The second-order valence-electron chi connectivity index (χ2n) is 0.523. The first-order valence-electron chi connectivity index (χ1n) is 0.997. The molecule has 0 spiro atoms. The predicted molar refractivity (Wildman–Crippen MR) is 6.08 cm³/mol. The SMILES string of the molecule is O=[C]([O-])[Nb](=[O])[O-]. The van der Waals surface area contributed by atoms with Gasteiger partial charge in [-0.2, -0.15) is 0 Å². The van der Waals surface area contributed by atoms with Crippen molar-refractivity contribution in [1.29, 1.82) is 0 Å². The molecule has 0 aromatic rings. The molecule has 4 nitrogen and oxygen atoms in total. The van der Waals surface area contributed by atoms with Crippen molar-refractivity contribution in [3.8, 4) is 0 Å². The summed E-state index contributed by atoms with van der Waals surface area (Å²) >= 11 is -4.29. The molecule has 0 N–H and O–H groups in total. The molecule has 0 amide bonds. The van der Waals surface area contributed by atoms with Crippen molar-refractivity contribution in [3.05, 3.63) is 0 Å². The van der Waals surface area contributed by atoms with E-state index >= 15 is 0 Å². The van der Waals surface area contributed by atoms with Gasteiger partial charge >= 0.3 is 39.8 Å². The summed E-state index contributed by atoms with van der Waals surface area (Å²) in [4.78, 5) is 9.04. The minimum absolute atomic E-state index is 1.92. The Morgan fingerprint density at radius 2 is 1.83 bits per heavy atom. The Balaban J connectivity index is 3.57. The second kappa shape index (κ2) is 2.20. The number of carboxylic acid groups (broad SMARTS) is 1. The summed E-state index contributed by atoms with van der Waals surface area (Å²) in [5.41, 5.74) is 0. The molecular formula is CNbO4-2. The van der Waals surface area contributed by atoms with Gasteiger partial charge in [0, 0.05) is 0 Å². The van der Waals surface area contributed by atoms with E-state index in [-0.39, 0.29) is 0 Å². The maximum absolute atomic E-state index is 9.19. The molecule has 0 aliphatic carbocycles. The van der Waals surface area contributed by atoms with E-state index in [4.69, 9.17) is 9.90 Å². The molecule has 0 rings (SSSR count). The summed E-state index contributed by atoms with van der Waals surface area (Å²) in [7, 11) is 0. The molecule has 0 aliphatic heterocycles. The zero-order valence-electron chi connectivity index (χ0n) is 2.58. The van der Waals surface area contributed by atoms with Gasteiger partial charge in [-0.25, -0.2) is 0 Å². The van der Waals surface area contributed by atoms with E-state index in [0.29, 0.717) is 0 Å². The van der Waals surface area contributed by atoms with Crippen LogP contribution in [0.5, 0.6) is 0 Å². The molecule has 0 radical (unpaired) electrons. The molecule has 0 aliphatic rings. The predicted octanol–water partition coefficient (Wildman–Crippen LogP) is -2.43. The molecule has 0 atom stereocenters. The van der Waals surface area contributed by atoms with Crippen LogP contribution in [-0.4, -0.2) is 4.19 Å². The van der Waals surface area contributed by atoms with Crippen molar-refractivity contribution >= 4 is 4.19 Å². The second-order valence-corrected chi connectivity index (χ2v) is 2.68. The maximum atomic E-state index is 9.19. The van der Waals surface area contributed by atoms with E-state index in [9.17, 15) is 6.86 Å². The van der Waals surface area contributed by atoms with E-state index in [2.05, 4.69) is 0 Å². The Labute approximate surface area is 40.3 Å². The van der Waals surface area contributed by atoms with Gasteiger partial charge in [0.1, 0.15) is 0 Å². The molecule has 0 saturated carbocycles. The summed E-state index contributed by atoms with van der Waals surface area (Å²) < 4.78 is 16.5. The van der Waals surface area contributed by atoms with Crippen LogP contribution in [0.25, 0.3) is 0 Å². The van der Waals surface area contributed by atoms with Gasteiger partial charge in [-0.05, 0) is 0 Å². The van der Waals surface area contributed by atoms with Crippen LogP contribution >= 0.6 is 0 Å². The first-order chi connectivity index (χ1) is 2.64. The average Bonchev–Trinajstić information content (AvgIpc) is 1.36. The first kappa shape index (κ1) is 5.97. The molecule has 0 unspecified atom stereocenters. The molecule has 0 fully saturated rings. The van der Waals surface area contributed by atoms with Gasteiger partial charge in [-0.1, -0.05) is 0 Å². The van der Waals surface area contributed by atoms with Crippen molar-refractivity contribution in [3.63, 3.8) is 0 Å². The summed E-state index contributed by atoms with van der Waals surface area (Å²) in [5, 5.41) is 9.04. The fourth-order valence-electron chi connectivity index (χ4n) is 0. The number of hydrogen-bond donors (Lipinski definition) is 0. The molecule has 0 saturated heterocycles. The number of carbonyl (C=O) groups is 1. The van der Waals surface area contributed by atoms with Gasteiger partial charge < -0.3 is 0 Å². The Bertz CT molecular complexity index is 73.5. The summed E-state index contributed by atoms with van der Waals surface area (Å²) in [6.07, 6.45) is 0. The normalized spacial score (nSPS) is 7.50. The van der Waals surface area contributed by atoms with Crippen LogP contribution in [0.1, 0.15) is 0 Å². The van der Waals surface area contributed by atoms with Crippen LogP contribution in [0.4, 0.5) is 4.79 Å². The average molecular weight is 169 g/mol. The van der Waals surface area contributed by atoms with Crippen LogP contribution in [0.3, 0.4) is 0 Å². The van der Waals surface area contributed by atoms with E-state index in [1.807, 2.05) is 0 Å². The standard InChI is InChI=1S/CO2.Nb.2O/c2-1-3;;;/q-1;;;-1. The monoisotopic (exact) mass is 169 g/mol. The molecule has 0 bridgehead atoms. The van der Waals surface area contributed by atoms with Crippen LogP contribution in [0.15, 0.2) is 0 Å². The molecule has 0 aromatic heterocycles. The number of rotatable bonds is 1. The topological polar surface area (TPSA) is 80.3 Å². The van der Waals surface area contributed by atoms with Gasteiger partial charge in [0.2, 0.25) is 0 Å². The summed E-state index contributed by atoms with van der Waals surface area (Å²) in [5.74, 6) is 0. The minimum atomic E-state index is -4.29. The van der Waals surface area contributed by atoms with E-state index in [1.54, 1.807) is 0 Å². The Morgan fingerprint density at radius 1 is 1.67 bits per heavy atom. The first-order valence-corrected chi connectivity index (χ1v) is 3.89. The van der Waals surface area contributed by atoms with Crippen LogP contribution in [0.2, 0.25) is 0 Å². The molecule has 0 heterocycles. The summed E-state index contributed by atoms with van der Waals surface area (Å²) in [6.45, 7) is 0. The van der Waals surface area contributed by atoms with Crippen molar-refractivity contribution < 1.29 is 35.6 Å². The van der Waals surface area contributed by atoms with E-state index in [0.717, 1.165) is 0 Å². The van der Waals surface area contributed by atoms with Gasteiger partial charge in [0.25, 0.3) is 0 Å². The molecule has 0 aromatic carbocycles. The van der Waals surface area contributed by atoms with Crippen LogP contribution in [0, 0.1) is 0 Å². The summed E-state index contributed by atoms with van der Waals surface area (Å²) in [6, 6.07) is 0. The third kappa shape index (κ3) is 2.22. The molecule has 35 valence electrons. The Kier molecular flexibility index (Phi) is 2.19. The van der Waals surface area contributed by atoms with Crippen LogP contribution < -0.4 is 8.72 Å². The quantitative estimate of drug-likeness (QED) is 0.408. The molecule has 6 heavy (non-hydrogen) atoms. The van der Waals surface area contributed by atoms with Gasteiger partial charge in [0.15, 0.2) is 0 Å². The van der Waals surface area contributed by atoms with Gasteiger partial charge in [-0.3, -0.25) is 0 Å². The van der Waals surface area contributed by atoms with Gasteiger partial charge in [-0.15, -0.1) is 0 Å². The number of carbonyl (C=O) groups excluding carboxylic acids is 1.